The number of nitrogens with one attached hydrogen (secondary N) is 1. The van der Waals surface area contributed by atoms with Gasteiger partial charge in [-0.25, -0.2) is 8.42 Å². The zero-order valence-corrected chi connectivity index (χ0v) is 23.8. The molecule has 1 unspecified atom stereocenters. The molecular weight excluding hydrogens is 540 g/mol. The average Bonchev–Trinajstić information content (AvgIpc) is 3.24. The van der Waals surface area contributed by atoms with Crippen LogP contribution in [0.2, 0.25) is 0 Å². The summed E-state index contributed by atoms with van der Waals surface area (Å²) in [5.74, 6) is -1.27. The summed E-state index contributed by atoms with van der Waals surface area (Å²) in [6, 6.07) is 11.0. The number of rotatable bonds is 8. The van der Waals surface area contributed by atoms with Crippen molar-refractivity contribution in [3.05, 3.63) is 52.8 Å². The van der Waals surface area contributed by atoms with Gasteiger partial charge in [0.1, 0.15) is 6.54 Å². The van der Waals surface area contributed by atoms with Gasteiger partial charge < -0.3 is 14.6 Å². The van der Waals surface area contributed by atoms with E-state index in [9.17, 15) is 22.8 Å². The summed E-state index contributed by atoms with van der Waals surface area (Å²) in [4.78, 5) is 41.6. The summed E-state index contributed by atoms with van der Waals surface area (Å²) in [6.07, 6.45) is 3.45. The maximum atomic E-state index is 13.3. The molecule has 1 fully saturated rings. The predicted octanol–water partition coefficient (Wildman–Crippen LogP) is 3.92. The molecule has 0 aliphatic carbocycles. The Hall–Kier alpha value is -3.35. The SMILES string of the molecule is CCOC(=O)Cn1c(=NC(=O)c2ccc(S(=O)(=O)N3CCCCC3CC)cc2)sc2cc(NC(C)=O)ccc21. The van der Waals surface area contributed by atoms with Crippen LogP contribution in [0, 0.1) is 0 Å². The molecule has 39 heavy (non-hydrogen) atoms. The van der Waals surface area contributed by atoms with Gasteiger partial charge in [0.2, 0.25) is 15.9 Å². The number of aromatic nitrogens is 1. The van der Waals surface area contributed by atoms with Crippen molar-refractivity contribution < 1.29 is 27.5 Å². The first-order chi connectivity index (χ1) is 18.6. The lowest BCUT2D eigenvalue weighted by atomic mass is 10.0. The Morgan fingerprint density at radius 1 is 1.10 bits per heavy atom. The molecule has 1 saturated heterocycles. The third-order valence-corrected chi connectivity index (χ3v) is 9.55. The van der Waals surface area contributed by atoms with Crippen molar-refractivity contribution in [1.29, 1.82) is 0 Å². The molecule has 0 bridgehead atoms. The molecule has 2 amide bonds. The molecular formula is C27H32N4O6S2. The number of fused-ring (bicyclic) bond motifs is 1. The van der Waals surface area contributed by atoms with E-state index >= 15 is 0 Å². The molecule has 0 radical (unpaired) electrons. The van der Waals surface area contributed by atoms with Crippen molar-refractivity contribution in [2.24, 2.45) is 4.99 Å². The Morgan fingerprint density at radius 3 is 2.51 bits per heavy atom. The Bertz CT molecular complexity index is 1560. The largest absolute Gasteiger partial charge is 0.465 e. The number of benzene rings is 2. The minimum atomic E-state index is -3.67. The van der Waals surface area contributed by atoms with Crippen molar-refractivity contribution in [3.8, 4) is 0 Å². The molecule has 0 saturated carbocycles. The number of anilines is 1. The molecule has 0 spiro atoms. The number of esters is 1. The zero-order chi connectivity index (χ0) is 28.2. The van der Waals surface area contributed by atoms with Crippen LogP contribution in [0.4, 0.5) is 5.69 Å². The first kappa shape index (κ1) is 28.7. The number of hydrogen-bond acceptors (Lipinski definition) is 7. The van der Waals surface area contributed by atoms with E-state index in [0.29, 0.717) is 22.4 Å². The number of carbonyl (C=O) groups excluding carboxylic acids is 3. The van der Waals surface area contributed by atoms with Crippen LogP contribution in [0.3, 0.4) is 0 Å². The summed E-state index contributed by atoms with van der Waals surface area (Å²) < 4.78 is 35.5. The fraction of sp³-hybridized carbons (Fsp3) is 0.407. The fourth-order valence-electron chi connectivity index (χ4n) is 4.68. The molecule has 3 aromatic rings. The zero-order valence-electron chi connectivity index (χ0n) is 22.2. The minimum absolute atomic E-state index is 0.0194. The number of ether oxygens (including phenoxy) is 1. The van der Waals surface area contributed by atoms with Gasteiger partial charge in [-0.2, -0.15) is 9.30 Å². The summed E-state index contributed by atoms with van der Waals surface area (Å²) in [6.45, 7) is 5.67. The van der Waals surface area contributed by atoms with E-state index in [1.807, 2.05) is 6.92 Å². The lowest BCUT2D eigenvalue weighted by Crippen LogP contribution is -2.43. The van der Waals surface area contributed by atoms with E-state index in [1.54, 1.807) is 34.0 Å². The van der Waals surface area contributed by atoms with Gasteiger partial charge in [-0.3, -0.25) is 14.4 Å². The number of hydrogen-bond donors (Lipinski definition) is 1. The smallest absolute Gasteiger partial charge is 0.326 e. The standard InChI is InChI=1S/C27H32N4O6S2/c1-4-21-8-6-7-15-31(21)39(35,36)22-12-9-19(10-13-22)26(34)29-27-30(17-25(33)37-5-2)23-14-11-20(28-18(3)32)16-24(23)38-27/h9-14,16,21H,4-8,15,17H2,1-3H3,(H,28,32). The van der Waals surface area contributed by atoms with Gasteiger partial charge in [-0.15, -0.1) is 0 Å². The maximum Gasteiger partial charge on any atom is 0.326 e. The number of amides is 2. The summed E-state index contributed by atoms with van der Waals surface area (Å²) in [5.41, 5.74) is 1.45. The van der Waals surface area contributed by atoms with Gasteiger partial charge in [-0.05, 0) is 68.7 Å². The van der Waals surface area contributed by atoms with E-state index in [0.717, 1.165) is 25.7 Å². The number of piperidine rings is 1. The highest BCUT2D eigenvalue weighted by Crippen LogP contribution is 2.27. The highest BCUT2D eigenvalue weighted by Gasteiger charge is 2.32. The van der Waals surface area contributed by atoms with Crippen LogP contribution < -0.4 is 10.1 Å². The second-order valence-electron chi connectivity index (χ2n) is 9.25. The van der Waals surface area contributed by atoms with Crippen LogP contribution >= 0.6 is 11.3 Å². The lowest BCUT2D eigenvalue weighted by Gasteiger charge is -2.34. The average molecular weight is 573 g/mol. The van der Waals surface area contributed by atoms with Gasteiger partial charge in [0.05, 0.1) is 21.7 Å². The van der Waals surface area contributed by atoms with Crippen molar-refractivity contribution in [2.75, 3.05) is 18.5 Å². The van der Waals surface area contributed by atoms with E-state index < -0.39 is 21.9 Å². The topological polar surface area (TPSA) is 127 Å². The van der Waals surface area contributed by atoms with E-state index in [1.165, 1.54) is 42.5 Å². The summed E-state index contributed by atoms with van der Waals surface area (Å²) >= 11 is 1.19. The van der Waals surface area contributed by atoms with Crippen molar-refractivity contribution in [2.45, 2.75) is 63.9 Å². The Morgan fingerprint density at radius 2 is 1.85 bits per heavy atom. The van der Waals surface area contributed by atoms with Crippen LogP contribution in [-0.4, -0.2) is 54.3 Å². The quantitative estimate of drug-likeness (QED) is 0.408. The van der Waals surface area contributed by atoms with E-state index in [4.69, 9.17) is 4.74 Å². The third-order valence-electron chi connectivity index (χ3n) is 6.55. The van der Waals surface area contributed by atoms with Crippen molar-refractivity contribution in [3.63, 3.8) is 0 Å². The number of thiazole rings is 1. The highest BCUT2D eigenvalue weighted by atomic mass is 32.2. The van der Waals surface area contributed by atoms with Gasteiger partial charge in [-0.1, -0.05) is 24.7 Å². The molecule has 1 aromatic heterocycles. The Labute approximate surface area is 231 Å². The number of sulfonamides is 1. The number of carbonyl (C=O) groups is 3. The summed E-state index contributed by atoms with van der Waals surface area (Å²) in [7, 11) is -3.67. The maximum absolute atomic E-state index is 13.3. The van der Waals surface area contributed by atoms with E-state index in [2.05, 4.69) is 10.3 Å². The van der Waals surface area contributed by atoms with Crippen LogP contribution in [-0.2, 0) is 30.9 Å². The summed E-state index contributed by atoms with van der Waals surface area (Å²) in [5, 5.41) is 2.72. The Kier molecular flexibility index (Phi) is 8.98. The molecule has 1 aliphatic heterocycles. The van der Waals surface area contributed by atoms with Gasteiger partial charge in [0.15, 0.2) is 4.80 Å². The van der Waals surface area contributed by atoms with Gasteiger partial charge in [0.25, 0.3) is 5.91 Å². The van der Waals surface area contributed by atoms with E-state index in [-0.39, 0.29) is 40.4 Å². The lowest BCUT2D eigenvalue weighted by molar-refractivity contribution is -0.143. The van der Waals surface area contributed by atoms with Crippen LogP contribution in [0.25, 0.3) is 10.2 Å². The third kappa shape index (κ3) is 6.45. The predicted molar refractivity (Wildman–Crippen MR) is 149 cm³/mol. The molecule has 208 valence electrons. The molecule has 1 atom stereocenters. The molecule has 10 nitrogen and oxygen atoms in total. The van der Waals surface area contributed by atoms with Crippen LogP contribution in [0.5, 0.6) is 0 Å². The first-order valence-corrected chi connectivity index (χ1v) is 15.2. The van der Waals surface area contributed by atoms with Gasteiger partial charge in [0, 0.05) is 30.8 Å². The molecule has 12 heteroatoms. The molecule has 2 aromatic carbocycles. The fourth-order valence-corrected chi connectivity index (χ4v) is 7.52. The molecule has 2 heterocycles. The van der Waals surface area contributed by atoms with Crippen molar-refractivity contribution in [1.82, 2.24) is 8.87 Å². The molecule has 4 rings (SSSR count). The normalized spacial score (nSPS) is 16.8. The minimum Gasteiger partial charge on any atom is -0.465 e. The monoisotopic (exact) mass is 572 g/mol. The first-order valence-electron chi connectivity index (χ1n) is 12.9. The van der Waals surface area contributed by atoms with Crippen LogP contribution in [0.1, 0.15) is 56.8 Å². The molecule has 1 N–H and O–H groups in total. The molecule has 1 aliphatic rings. The second-order valence-corrected chi connectivity index (χ2v) is 12.2. The second kappa shape index (κ2) is 12.2. The van der Waals surface area contributed by atoms with Gasteiger partial charge >= 0.3 is 5.97 Å². The number of nitrogens with zero attached hydrogens (tertiary/aromatic N) is 3. The Balaban J connectivity index is 1.67. The highest BCUT2D eigenvalue weighted by molar-refractivity contribution is 7.89. The van der Waals surface area contributed by atoms with Crippen LogP contribution in [0.15, 0.2) is 52.4 Å². The van der Waals surface area contributed by atoms with Crippen molar-refractivity contribution >= 4 is 55.0 Å².